The second-order valence-electron chi connectivity index (χ2n) is 3.08. The molecular weight excluding hydrogens is 126 g/mol. The molecule has 10 heavy (non-hydrogen) atoms. The Morgan fingerprint density at radius 2 is 2.20 bits per heavy atom. The van der Waals surface area contributed by atoms with E-state index in [1.807, 2.05) is 0 Å². The minimum Gasteiger partial charge on any atom is -0.376 e. The van der Waals surface area contributed by atoms with Gasteiger partial charge in [0.1, 0.15) is 0 Å². The summed E-state index contributed by atoms with van der Waals surface area (Å²) in [6, 6.07) is 0.612. The average molecular weight is 143 g/mol. The van der Waals surface area contributed by atoms with Crippen molar-refractivity contribution in [3.8, 4) is 0 Å². The first-order chi connectivity index (χ1) is 4.74. The molecule has 1 aliphatic heterocycles. The molecule has 0 bridgehead atoms. The molecule has 60 valence electrons. The van der Waals surface area contributed by atoms with Crippen LogP contribution in [0, 0.1) is 0 Å². The normalized spacial score (nSPS) is 36.3. The van der Waals surface area contributed by atoms with Crippen LogP contribution in [-0.4, -0.2) is 36.7 Å². The summed E-state index contributed by atoms with van der Waals surface area (Å²) in [5.74, 6) is 0. The lowest BCUT2D eigenvalue weighted by atomic mass is 10.2. The number of likely N-dealkylation sites (N-methyl/N-ethyl adjacent to an activating group) is 1. The Morgan fingerprint density at radius 1 is 1.50 bits per heavy atom. The van der Waals surface area contributed by atoms with E-state index in [-0.39, 0.29) is 0 Å². The highest BCUT2D eigenvalue weighted by molar-refractivity contribution is 4.73. The van der Waals surface area contributed by atoms with Crippen LogP contribution in [0.1, 0.15) is 20.8 Å². The third kappa shape index (κ3) is 1.70. The van der Waals surface area contributed by atoms with Gasteiger partial charge in [0.2, 0.25) is 0 Å². The van der Waals surface area contributed by atoms with E-state index in [1.165, 1.54) is 0 Å². The maximum Gasteiger partial charge on any atom is 0.0674 e. The van der Waals surface area contributed by atoms with Crippen LogP contribution >= 0.6 is 0 Å². The number of morpholine rings is 1. The Hall–Kier alpha value is -0.0800. The van der Waals surface area contributed by atoms with E-state index in [0.717, 1.165) is 19.7 Å². The molecule has 2 atom stereocenters. The smallest absolute Gasteiger partial charge is 0.0674 e. The van der Waals surface area contributed by atoms with Gasteiger partial charge in [0.25, 0.3) is 0 Å². The Balaban J connectivity index is 2.38. The van der Waals surface area contributed by atoms with Gasteiger partial charge in [-0.25, -0.2) is 0 Å². The van der Waals surface area contributed by atoms with E-state index in [1.54, 1.807) is 0 Å². The van der Waals surface area contributed by atoms with Crippen molar-refractivity contribution in [2.75, 3.05) is 19.7 Å². The molecule has 0 aromatic carbocycles. The van der Waals surface area contributed by atoms with Crippen LogP contribution < -0.4 is 0 Å². The minimum absolute atomic E-state index is 0.427. The van der Waals surface area contributed by atoms with Crippen LogP contribution in [0.3, 0.4) is 0 Å². The SMILES string of the molecule is CCN1C[C@@H](C)OC[C@@H]1C. The molecule has 0 aromatic rings. The molecule has 0 unspecified atom stereocenters. The second-order valence-corrected chi connectivity index (χ2v) is 3.08. The lowest BCUT2D eigenvalue weighted by Crippen LogP contribution is -2.46. The Morgan fingerprint density at radius 3 is 2.70 bits per heavy atom. The Kier molecular flexibility index (Phi) is 2.69. The van der Waals surface area contributed by atoms with Gasteiger partial charge in [-0.2, -0.15) is 0 Å². The first kappa shape index (κ1) is 8.02. The van der Waals surface area contributed by atoms with Crippen molar-refractivity contribution in [1.82, 2.24) is 4.90 Å². The molecule has 0 radical (unpaired) electrons. The molecule has 0 spiro atoms. The number of nitrogens with zero attached hydrogens (tertiary/aromatic N) is 1. The molecule has 0 aliphatic carbocycles. The molecule has 2 heteroatoms. The van der Waals surface area contributed by atoms with Gasteiger partial charge in [-0.1, -0.05) is 6.92 Å². The fourth-order valence-corrected chi connectivity index (χ4v) is 1.41. The predicted molar refractivity (Wildman–Crippen MR) is 42.1 cm³/mol. The molecule has 1 rings (SSSR count). The number of ether oxygens (including phenoxy) is 1. The summed E-state index contributed by atoms with van der Waals surface area (Å²) in [6.45, 7) is 9.69. The van der Waals surface area contributed by atoms with Gasteiger partial charge in [0, 0.05) is 12.6 Å². The fraction of sp³-hybridized carbons (Fsp3) is 1.00. The molecule has 0 N–H and O–H groups in total. The zero-order chi connectivity index (χ0) is 7.56. The summed E-state index contributed by atoms with van der Waals surface area (Å²) in [5.41, 5.74) is 0. The highest BCUT2D eigenvalue weighted by Crippen LogP contribution is 2.09. The summed E-state index contributed by atoms with van der Waals surface area (Å²) in [5, 5.41) is 0. The molecular formula is C8H17NO. The first-order valence-electron chi connectivity index (χ1n) is 4.09. The van der Waals surface area contributed by atoms with Crippen molar-refractivity contribution in [2.24, 2.45) is 0 Å². The summed E-state index contributed by atoms with van der Waals surface area (Å²) >= 11 is 0. The highest BCUT2D eigenvalue weighted by Gasteiger charge is 2.21. The summed E-state index contributed by atoms with van der Waals surface area (Å²) in [6.07, 6.45) is 0.427. The van der Waals surface area contributed by atoms with Crippen molar-refractivity contribution in [3.05, 3.63) is 0 Å². The molecule has 2 nitrogen and oxygen atoms in total. The predicted octanol–water partition coefficient (Wildman–Crippen LogP) is 1.12. The van der Waals surface area contributed by atoms with Crippen LogP contribution in [0.5, 0.6) is 0 Å². The Labute approximate surface area is 63.2 Å². The topological polar surface area (TPSA) is 12.5 Å². The van der Waals surface area contributed by atoms with Crippen LogP contribution in [0.25, 0.3) is 0 Å². The largest absolute Gasteiger partial charge is 0.376 e. The van der Waals surface area contributed by atoms with Crippen molar-refractivity contribution >= 4 is 0 Å². The quantitative estimate of drug-likeness (QED) is 0.545. The number of hydrogen-bond donors (Lipinski definition) is 0. The third-order valence-corrected chi connectivity index (χ3v) is 2.14. The maximum atomic E-state index is 5.48. The molecule has 1 saturated heterocycles. The van der Waals surface area contributed by atoms with E-state index in [0.29, 0.717) is 12.1 Å². The third-order valence-electron chi connectivity index (χ3n) is 2.14. The van der Waals surface area contributed by atoms with Gasteiger partial charge >= 0.3 is 0 Å². The minimum atomic E-state index is 0.427. The van der Waals surface area contributed by atoms with E-state index in [9.17, 15) is 0 Å². The average Bonchev–Trinajstić information content (AvgIpc) is 1.94. The zero-order valence-corrected chi connectivity index (χ0v) is 7.13. The summed E-state index contributed by atoms with van der Waals surface area (Å²) in [7, 11) is 0. The highest BCUT2D eigenvalue weighted by atomic mass is 16.5. The van der Waals surface area contributed by atoms with Crippen molar-refractivity contribution in [1.29, 1.82) is 0 Å². The van der Waals surface area contributed by atoms with Crippen LogP contribution in [0.2, 0.25) is 0 Å². The van der Waals surface area contributed by atoms with Crippen molar-refractivity contribution in [2.45, 2.75) is 32.9 Å². The fourth-order valence-electron chi connectivity index (χ4n) is 1.41. The molecule has 0 saturated carbocycles. The monoisotopic (exact) mass is 143 g/mol. The van der Waals surface area contributed by atoms with E-state index in [4.69, 9.17) is 4.74 Å². The van der Waals surface area contributed by atoms with Crippen LogP contribution in [0.15, 0.2) is 0 Å². The van der Waals surface area contributed by atoms with E-state index < -0.39 is 0 Å². The Bertz CT molecular complexity index is 105. The summed E-state index contributed by atoms with van der Waals surface area (Å²) < 4.78 is 5.48. The number of rotatable bonds is 1. The van der Waals surface area contributed by atoms with Crippen LogP contribution in [0.4, 0.5) is 0 Å². The van der Waals surface area contributed by atoms with Gasteiger partial charge in [-0.3, -0.25) is 4.90 Å². The first-order valence-corrected chi connectivity index (χ1v) is 4.09. The van der Waals surface area contributed by atoms with Gasteiger partial charge in [-0.05, 0) is 20.4 Å². The van der Waals surface area contributed by atoms with Gasteiger partial charge in [-0.15, -0.1) is 0 Å². The van der Waals surface area contributed by atoms with Gasteiger partial charge in [0.15, 0.2) is 0 Å². The molecule has 1 heterocycles. The zero-order valence-electron chi connectivity index (χ0n) is 7.13. The lowest BCUT2D eigenvalue weighted by Gasteiger charge is -2.35. The van der Waals surface area contributed by atoms with Crippen molar-refractivity contribution < 1.29 is 4.74 Å². The molecule has 1 aliphatic rings. The van der Waals surface area contributed by atoms with Gasteiger partial charge < -0.3 is 4.74 Å². The summed E-state index contributed by atoms with van der Waals surface area (Å²) in [4.78, 5) is 2.45. The number of hydrogen-bond acceptors (Lipinski definition) is 2. The second kappa shape index (κ2) is 3.35. The maximum absolute atomic E-state index is 5.48. The van der Waals surface area contributed by atoms with Crippen LogP contribution in [-0.2, 0) is 4.74 Å². The lowest BCUT2D eigenvalue weighted by molar-refractivity contribution is -0.0471. The molecule has 0 amide bonds. The van der Waals surface area contributed by atoms with E-state index >= 15 is 0 Å². The van der Waals surface area contributed by atoms with E-state index in [2.05, 4.69) is 25.7 Å². The standard InChI is InChI=1S/C8H17NO/c1-4-9-5-8(3)10-6-7(9)2/h7-8H,4-6H2,1-3H3/t7-,8+/m0/s1. The molecule has 0 aromatic heterocycles. The van der Waals surface area contributed by atoms with Crippen molar-refractivity contribution in [3.63, 3.8) is 0 Å². The van der Waals surface area contributed by atoms with Gasteiger partial charge in [0.05, 0.1) is 12.7 Å². The molecule has 1 fully saturated rings.